The van der Waals surface area contributed by atoms with Gasteiger partial charge in [-0.15, -0.1) is 0 Å². The summed E-state index contributed by atoms with van der Waals surface area (Å²) in [5.74, 6) is 0.107. The number of morpholine rings is 2. The number of hydrogen-bond acceptors (Lipinski definition) is 8. The van der Waals surface area contributed by atoms with Gasteiger partial charge in [0.05, 0.1) is 39.0 Å². The Kier molecular flexibility index (Phi) is 11.4. The van der Waals surface area contributed by atoms with Crippen LogP contribution in [0.3, 0.4) is 0 Å². The third-order valence-electron chi connectivity index (χ3n) is 13.4. The smallest absolute Gasteiger partial charge is 0.308 e. The molecule has 0 bridgehead atoms. The molecule has 10 atom stereocenters. The van der Waals surface area contributed by atoms with Crippen LogP contribution in [0.5, 0.6) is 0 Å². The number of carbonyl (C=O) groups excluding carboxylic acids is 2. The fourth-order valence-corrected chi connectivity index (χ4v) is 10.3. The number of carbonyl (C=O) groups is 3. The van der Waals surface area contributed by atoms with E-state index in [4.69, 9.17) is 14.2 Å². The van der Waals surface area contributed by atoms with Crippen molar-refractivity contribution in [3.8, 4) is 0 Å². The highest BCUT2D eigenvalue weighted by molar-refractivity contribution is 5.91. The van der Waals surface area contributed by atoms with Crippen molar-refractivity contribution in [3.05, 3.63) is 24.3 Å². The van der Waals surface area contributed by atoms with Crippen LogP contribution in [0.2, 0.25) is 0 Å². The molecule has 47 heavy (non-hydrogen) atoms. The Hall–Kier alpha value is -1.91. The van der Waals surface area contributed by atoms with Crippen molar-refractivity contribution in [1.82, 2.24) is 9.80 Å². The van der Waals surface area contributed by atoms with Crippen molar-refractivity contribution >= 4 is 18.0 Å². The van der Waals surface area contributed by atoms with Crippen LogP contribution < -0.4 is 0 Å². The Morgan fingerprint density at radius 2 is 1.55 bits per heavy atom. The average molecular weight is 655 g/mol. The Morgan fingerprint density at radius 3 is 2.19 bits per heavy atom. The SMILES string of the molecule is C=C1CC[C@@H](C(CN2CCOCC2)C(=O)O)CC2C(C)CCC3(OCC12)C(=O)CC1C(=C)CCC(C(C=O)CN2CCOCC2)C[C@H]13. The van der Waals surface area contributed by atoms with Crippen molar-refractivity contribution in [2.75, 3.05) is 72.3 Å². The third kappa shape index (κ3) is 7.49. The van der Waals surface area contributed by atoms with E-state index in [9.17, 15) is 19.5 Å². The molecule has 6 rings (SSSR count). The second-order valence-electron chi connectivity index (χ2n) is 15.8. The molecule has 9 heteroatoms. The molecular formula is C38H58N2O7. The molecule has 9 nitrogen and oxygen atoms in total. The van der Waals surface area contributed by atoms with Gasteiger partial charge >= 0.3 is 5.97 Å². The fourth-order valence-electron chi connectivity index (χ4n) is 10.3. The molecule has 8 unspecified atom stereocenters. The first kappa shape index (κ1) is 34.9. The summed E-state index contributed by atoms with van der Waals surface area (Å²) >= 11 is 0. The summed E-state index contributed by atoms with van der Waals surface area (Å²) in [6.07, 6.45) is 8.26. The summed E-state index contributed by atoms with van der Waals surface area (Å²) in [6.45, 7) is 19.1. The number of rotatable bonds is 8. The van der Waals surface area contributed by atoms with E-state index in [2.05, 4.69) is 29.9 Å². The summed E-state index contributed by atoms with van der Waals surface area (Å²) in [5.41, 5.74) is 1.44. The van der Waals surface area contributed by atoms with Gasteiger partial charge in [-0.3, -0.25) is 19.4 Å². The van der Waals surface area contributed by atoms with Crippen molar-refractivity contribution in [2.45, 2.75) is 70.3 Å². The molecule has 1 N–H and O–H groups in total. The molecule has 262 valence electrons. The minimum atomic E-state index is -0.853. The second-order valence-corrected chi connectivity index (χ2v) is 15.8. The zero-order valence-corrected chi connectivity index (χ0v) is 28.6. The Balaban J connectivity index is 1.20. The van der Waals surface area contributed by atoms with E-state index < -0.39 is 17.5 Å². The zero-order valence-electron chi connectivity index (χ0n) is 28.6. The van der Waals surface area contributed by atoms with E-state index in [1.165, 1.54) is 0 Å². The quantitative estimate of drug-likeness (QED) is 0.299. The van der Waals surface area contributed by atoms with Gasteiger partial charge in [0, 0.05) is 63.4 Å². The second kappa shape index (κ2) is 15.3. The van der Waals surface area contributed by atoms with Gasteiger partial charge in [0.25, 0.3) is 0 Å². The Bertz CT molecular complexity index is 1160. The number of carboxylic acids is 1. The van der Waals surface area contributed by atoms with Crippen molar-refractivity contribution in [1.29, 1.82) is 0 Å². The molecule has 0 aromatic rings. The number of ether oxygens (including phenoxy) is 3. The summed E-state index contributed by atoms with van der Waals surface area (Å²) in [4.78, 5) is 44.0. The van der Waals surface area contributed by atoms with Gasteiger partial charge in [0.15, 0.2) is 5.78 Å². The number of Topliss-reactive ketones (excluding diaryl/α,β-unsaturated/α-hetero) is 1. The minimum absolute atomic E-state index is 0.0302. The molecule has 0 amide bonds. The zero-order chi connectivity index (χ0) is 33.1. The molecule has 3 saturated heterocycles. The Labute approximate surface area is 281 Å². The molecule has 6 fully saturated rings. The van der Waals surface area contributed by atoms with Crippen LogP contribution in [-0.2, 0) is 28.6 Å². The summed E-state index contributed by atoms with van der Waals surface area (Å²) in [7, 11) is 0. The lowest BCUT2D eigenvalue weighted by Crippen LogP contribution is -2.49. The number of fused-ring (bicyclic) bond motifs is 3. The molecule has 3 heterocycles. The van der Waals surface area contributed by atoms with Crippen molar-refractivity contribution in [3.63, 3.8) is 0 Å². The monoisotopic (exact) mass is 654 g/mol. The van der Waals surface area contributed by atoms with Gasteiger partial charge in [-0.1, -0.05) is 31.2 Å². The minimum Gasteiger partial charge on any atom is -0.481 e. The van der Waals surface area contributed by atoms with Gasteiger partial charge in [0.1, 0.15) is 11.9 Å². The van der Waals surface area contributed by atoms with E-state index in [0.717, 1.165) is 95.1 Å². The normalized spacial score (nSPS) is 39.2. The van der Waals surface area contributed by atoms with E-state index in [-0.39, 0.29) is 47.2 Å². The van der Waals surface area contributed by atoms with Crippen LogP contribution in [0.25, 0.3) is 0 Å². The molecular weight excluding hydrogens is 596 g/mol. The van der Waals surface area contributed by atoms with Crippen molar-refractivity contribution < 1.29 is 33.7 Å². The molecule has 3 aliphatic heterocycles. The number of ketones is 1. The number of aliphatic carboxylic acids is 1. The van der Waals surface area contributed by atoms with Crippen LogP contribution in [0, 0.1) is 53.3 Å². The number of carboxylic acid groups (broad SMARTS) is 1. The molecule has 1 spiro atoms. The first-order chi connectivity index (χ1) is 22.7. The fraction of sp³-hybridized carbons (Fsp3) is 0.816. The van der Waals surface area contributed by atoms with Crippen LogP contribution >= 0.6 is 0 Å². The highest BCUT2D eigenvalue weighted by Crippen LogP contribution is 2.55. The summed E-state index contributed by atoms with van der Waals surface area (Å²) < 4.78 is 18.1. The lowest BCUT2D eigenvalue weighted by molar-refractivity contribution is -0.157. The maximum Gasteiger partial charge on any atom is 0.308 e. The molecule has 0 radical (unpaired) electrons. The molecule has 6 aliphatic rings. The van der Waals surface area contributed by atoms with Gasteiger partial charge in [-0.25, -0.2) is 0 Å². The van der Waals surface area contributed by atoms with Crippen molar-refractivity contribution in [2.24, 2.45) is 53.3 Å². The van der Waals surface area contributed by atoms with E-state index in [1.54, 1.807) is 0 Å². The van der Waals surface area contributed by atoms with Gasteiger partial charge in [-0.05, 0) is 81.0 Å². The van der Waals surface area contributed by atoms with Crippen LogP contribution in [0.15, 0.2) is 24.3 Å². The number of allylic oxidation sites excluding steroid dienone is 1. The maximum absolute atomic E-state index is 14.2. The van der Waals surface area contributed by atoms with Gasteiger partial charge in [-0.2, -0.15) is 0 Å². The molecule has 0 aromatic carbocycles. The highest BCUT2D eigenvalue weighted by atomic mass is 16.5. The lowest BCUT2D eigenvalue weighted by Gasteiger charge is -2.44. The topological polar surface area (TPSA) is 106 Å². The number of nitrogens with zero attached hydrogens (tertiary/aromatic N) is 2. The maximum atomic E-state index is 14.2. The van der Waals surface area contributed by atoms with Crippen LogP contribution in [0.1, 0.15) is 64.7 Å². The van der Waals surface area contributed by atoms with E-state index in [1.807, 2.05) is 0 Å². The lowest BCUT2D eigenvalue weighted by atomic mass is 9.68. The van der Waals surface area contributed by atoms with Crippen LogP contribution in [-0.4, -0.2) is 111 Å². The first-order valence-electron chi connectivity index (χ1n) is 18.5. The third-order valence-corrected chi connectivity index (χ3v) is 13.4. The molecule has 3 saturated carbocycles. The predicted molar refractivity (Wildman–Crippen MR) is 179 cm³/mol. The predicted octanol–water partition coefficient (Wildman–Crippen LogP) is 4.50. The number of hydrogen-bond donors (Lipinski definition) is 1. The highest BCUT2D eigenvalue weighted by Gasteiger charge is 2.58. The Morgan fingerprint density at radius 1 is 0.936 bits per heavy atom. The standard InChI is InChI=1S/C38H58N2O7/c1-25-4-6-28(30(23-41)21-39-10-14-45-15-11-39)19-35-32(25)20-36(42)38(35)9-8-27(3)31-18-29(7-5-26(2)34(31)24-47-38)33(37(43)44)22-40-12-16-46-17-13-40/h23,27-35H,1-2,4-22,24H2,3H3,(H,43,44)/t27?,28?,29-,30?,31?,32?,33?,34?,35-,38?/m1/s1. The first-order valence-corrected chi connectivity index (χ1v) is 18.5. The summed E-state index contributed by atoms with van der Waals surface area (Å²) in [6, 6.07) is 0. The van der Waals surface area contributed by atoms with E-state index >= 15 is 0 Å². The molecule has 3 aliphatic carbocycles. The van der Waals surface area contributed by atoms with Gasteiger partial charge < -0.3 is 24.1 Å². The summed E-state index contributed by atoms with van der Waals surface area (Å²) in [5, 5.41) is 10.4. The van der Waals surface area contributed by atoms with Crippen LogP contribution in [0.4, 0.5) is 0 Å². The van der Waals surface area contributed by atoms with Gasteiger partial charge in [0.2, 0.25) is 0 Å². The molecule has 0 aromatic heterocycles. The largest absolute Gasteiger partial charge is 0.481 e. The van der Waals surface area contributed by atoms with E-state index in [0.29, 0.717) is 58.3 Å². The number of aldehydes is 1. The average Bonchev–Trinajstić information content (AvgIpc) is 3.15.